The van der Waals surface area contributed by atoms with E-state index in [9.17, 15) is 5.11 Å². The topological polar surface area (TPSA) is 218 Å². The molecule has 0 aliphatic rings. The second-order valence-corrected chi connectivity index (χ2v) is 14.0. The van der Waals surface area contributed by atoms with Crippen molar-refractivity contribution in [3.8, 4) is 0 Å². The predicted molar refractivity (Wildman–Crippen MR) is 171 cm³/mol. The zero-order valence-corrected chi connectivity index (χ0v) is 28.6. The minimum Gasteiger partial charge on any atom is -0.396 e. The van der Waals surface area contributed by atoms with Crippen LogP contribution in [0.15, 0.2) is 0 Å². The number of hydrogen-bond donors (Lipinski definition) is 7. The molecule has 3 atom stereocenters. The Labute approximate surface area is 261 Å². The van der Waals surface area contributed by atoms with Gasteiger partial charge in [-0.05, 0) is 87.7 Å². The molecule has 0 aromatic carbocycles. The molecule has 12 N–H and O–H groups in total. The first kappa shape index (κ1) is 42.5. The van der Waals surface area contributed by atoms with Crippen LogP contribution in [0.25, 0.3) is 0 Å². The number of nitrogens with one attached hydrogen (secondary N) is 1. The summed E-state index contributed by atoms with van der Waals surface area (Å²) < 4.78 is 36.4. The Balaban J connectivity index is 5.46. The van der Waals surface area contributed by atoms with Gasteiger partial charge in [0.1, 0.15) is 11.4 Å². The number of aliphatic hydroxyl groups is 1. The predicted octanol–water partition coefficient (Wildman–Crippen LogP) is 1.08. The molecular weight excluding hydrogens is 556 g/mol. The van der Waals surface area contributed by atoms with E-state index in [1.807, 2.05) is 48.5 Å². The van der Waals surface area contributed by atoms with E-state index in [-0.39, 0.29) is 32.0 Å². The van der Waals surface area contributed by atoms with Crippen molar-refractivity contribution in [2.75, 3.05) is 72.7 Å². The number of aliphatic hydroxyl groups excluding tert-OH is 1. The Morgan fingerprint density at radius 1 is 0.558 bits per heavy atom. The maximum atomic E-state index is 10.7. The molecule has 0 bridgehead atoms. The molecule has 0 spiro atoms. The van der Waals surface area contributed by atoms with Crippen molar-refractivity contribution >= 4 is 0 Å². The van der Waals surface area contributed by atoms with E-state index in [1.54, 1.807) is 6.92 Å². The summed E-state index contributed by atoms with van der Waals surface area (Å²) in [5, 5.41) is 13.6. The van der Waals surface area contributed by atoms with Crippen LogP contribution in [-0.4, -0.2) is 106 Å². The Morgan fingerprint density at radius 2 is 1.02 bits per heavy atom. The molecule has 13 heteroatoms. The largest absolute Gasteiger partial charge is 0.396 e. The van der Waals surface area contributed by atoms with Crippen molar-refractivity contribution in [3.05, 3.63) is 0 Å². The third-order valence-electron chi connectivity index (χ3n) is 7.39. The zero-order valence-electron chi connectivity index (χ0n) is 28.6. The van der Waals surface area contributed by atoms with Gasteiger partial charge in [0, 0.05) is 19.5 Å². The van der Waals surface area contributed by atoms with Crippen molar-refractivity contribution in [3.63, 3.8) is 0 Å². The number of nitrogens with two attached hydrogens (primary N) is 5. The highest BCUT2D eigenvalue weighted by Crippen LogP contribution is 2.29. The molecule has 0 radical (unpaired) electrons. The van der Waals surface area contributed by atoms with Crippen molar-refractivity contribution in [1.29, 1.82) is 0 Å². The highest BCUT2D eigenvalue weighted by Gasteiger charge is 2.38. The zero-order chi connectivity index (χ0) is 33.3. The summed E-state index contributed by atoms with van der Waals surface area (Å²) in [4.78, 5) is 0. The van der Waals surface area contributed by atoms with Gasteiger partial charge in [0.05, 0.1) is 75.2 Å². The number of ether oxygens (including phenoxy) is 6. The minimum atomic E-state index is -1.00. The lowest BCUT2D eigenvalue weighted by molar-refractivity contribution is -0.179. The normalized spacial score (nSPS) is 17.4. The molecule has 0 saturated carbocycles. The van der Waals surface area contributed by atoms with Crippen LogP contribution in [0.2, 0.25) is 0 Å². The van der Waals surface area contributed by atoms with E-state index in [0.717, 1.165) is 6.42 Å². The fourth-order valence-electron chi connectivity index (χ4n) is 3.85. The Kier molecular flexibility index (Phi) is 19.6. The molecule has 0 amide bonds. The molecule has 260 valence electrons. The maximum absolute atomic E-state index is 10.7. The first-order valence-electron chi connectivity index (χ1n) is 15.5. The van der Waals surface area contributed by atoms with Crippen LogP contribution >= 0.6 is 0 Å². The average Bonchev–Trinajstić information content (AvgIpc) is 2.88. The third-order valence-corrected chi connectivity index (χ3v) is 7.39. The second kappa shape index (κ2) is 19.9. The molecule has 0 aliphatic carbocycles. The van der Waals surface area contributed by atoms with Gasteiger partial charge in [-0.25, -0.2) is 0 Å². The summed E-state index contributed by atoms with van der Waals surface area (Å²) in [6.45, 7) is 18.7. The van der Waals surface area contributed by atoms with Gasteiger partial charge in [-0.15, -0.1) is 0 Å². The first-order valence-corrected chi connectivity index (χ1v) is 15.5. The van der Waals surface area contributed by atoms with Gasteiger partial charge in [0.25, 0.3) is 0 Å². The van der Waals surface area contributed by atoms with Crippen molar-refractivity contribution in [2.24, 2.45) is 34.1 Å². The Bertz CT molecular complexity index is 683. The van der Waals surface area contributed by atoms with Gasteiger partial charge in [0.2, 0.25) is 0 Å². The summed E-state index contributed by atoms with van der Waals surface area (Å²) in [6.07, 6.45) is 2.95. The van der Waals surface area contributed by atoms with Gasteiger partial charge in [-0.3, -0.25) is 5.32 Å². The lowest BCUT2D eigenvalue weighted by Crippen LogP contribution is -2.50. The van der Waals surface area contributed by atoms with E-state index < -0.39 is 28.1 Å². The quantitative estimate of drug-likeness (QED) is 0.0479. The van der Waals surface area contributed by atoms with Crippen molar-refractivity contribution in [1.82, 2.24) is 5.32 Å². The highest BCUT2D eigenvalue weighted by atomic mass is 16.5. The molecule has 0 saturated heterocycles. The van der Waals surface area contributed by atoms with E-state index in [1.165, 1.54) is 0 Å². The summed E-state index contributed by atoms with van der Waals surface area (Å²) in [7, 11) is 0. The van der Waals surface area contributed by atoms with Crippen LogP contribution in [0, 0.1) is 5.41 Å². The Hall–Kier alpha value is -0.520. The molecule has 0 aliphatic heterocycles. The maximum Gasteiger partial charge on any atom is 0.116 e. The monoisotopic (exact) mass is 625 g/mol. The molecule has 0 heterocycles. The van der Waals surface area contributed by atoms with E-state index in [4.69, 9.17) is 57.1 Å². The van der Waals surface area contributed by atoms with E-state index >= 15 is 0 Å². The third kappa shape index (κ3) is 21.0. The minimum absolute atomic E-state index is 0.111. The lowest BCUT2D eigenvalue weighted by Gasteiger charge is -2.40. The van der Waals surface area contributed by atoms with Crippen LogP contribution in [0.4, 0.5) is 0 Å². The first-order chi connectivity index (χ1) is 19.8. The van der Waals surface area contributed by atoms with Crippen molar-refractivity contribution < 1.29 is 33.5 Å². The van der Waals surface area contributed by atoms with Crippen LogP contribution in [0.1, 0.15) is 87.5 Å². The highest BCUT2D eigenvalue weighted by molar-refractivity contribution is 4.84. The Morgan fingerprint density at radius 3 is 1.53 bits per heavy atom. The molecule has 0 fully saturated rings. The molecule has 0 aromatic heterocycles. The number of rotatable bonds is 28. The van der Waals surface area contributed by atoms with Crippen LogP contribution in [0.5, 0.6) is 0 Å². The summed E-state index contributed by atoms with van der Waals surface area (Å²) >= 11 is 0. The molecule has 0 rings (SSSR count). The van der Waals surface area contributed by atoms with Crippen LogP contribution in [-0.2, 0) is 28.4 Å². The lowest BCUT2D eigenvalue weighted by atomic mass is 9.90. The smallest absolute Gasteiger partial charge is 0.116 e. The van der Waals surface area contributed by atoms with E-state index in [0.29, 0.717) is 72.0 Å². The SMILES string of the molecule is CC(C)(CCN)OCCC(C)(N)OCC(CO)(COC(C)(C)CCOCNCN)COC(C)(C)CCOC(C)(N)CCN. The summed E-state index contributed by atoms with van der Waals surface area (Å²) in [5.74, 6) is 0. The average molecular weight is 625 g/mol. The summed E-state index contributed by atoms with van der Waals surface area (Å²) in [6, 6.07) is 0. The van der Waals surface area contributed by atoms with E-state index in [2.05, 4.69) is 5.32 Å². The van der Waals surface area contributed by atoms with Gasteiger partial charge in [-0.1, -0.05) is 0 Å². The molecule has 0 aromatic rings. The van der Waals surface area contributed by atoms with Crippen LogP contribution < -0.4 is 34.0 Å². The van der Waals surface area contributed by atoms with Gasteiger partial charge >= 0.3 is 0 Å². The molecular formula is C30H68N6O7. The van der Waals surface area contributed by atoms with Gasteiger partial charge in [-0.2, -0.15) is 0 Å². The molecule has 43 heavy (non-hydrogen) atoms. The van der Waals surface area contributed by atoms with Gasteiger partial charge < -0.3 is 62.2 Å². The fourth-order valence-corrected chi connectivity index (χ4v) is 3.85. The standard InChI is InChI=1S/C30H68N6O7/c1-25(2,9-14-31)39-18-13-29(8,35)43-22-30(19-37,20-41-26(3,4)11-16-38-24-36-23-33)21-42-27(5,6)12-17-40-28(7,34)10-15-32/h36-37H,9-24,31-35H2,1-8H3. The molecule has 13 nitrogen and oxygen atoms in total. The van der Waals surface area contributed by atoms with Gasteiger partial charge in [0.15, 0.2) is 0 Å². The second-order valence-electron chi connectivity index (χ2n) is 14.0. The van der Waals surface area contributed by atoms with Crippen molar-refractivity contribution in [2.45, 2.75) is 116 Å². The van der Waals surface area contributed by atoms with Crippen LogP contribution in [0.3, 0.4) is 0 Å². The molecule has 3 unspecified atom stereocenters. The number of hydrogen-bond acceptors (Lipinski definition) is 13. The summed E-state index contributed by atoms with van der Waals surface area (Å²) in [5.41, 5.74) is 25.3. The fraction of sp³-hybridized carbons (Fsp3) is 1.00.